The first-order chi connectivity index (χ1) is 10.4. The summed E-state index contributed by atoms with van der Waals surface area (Å²) in [5.74, 6) is 1.13. The quantitative estimate of drug-likeness (QED) is 0.838. The van der Waals surface area contributed by atoms with Crippen molar-refractivity contribution in [2.45, 2.75) is 25.5 Å². The Bertz CT molecular complexity index is 749. The third-order valence-electron chi connectivity index (χ3n) is 3.14. The summed E-state index contributed by atoms with van der Waals surface area (Å²) < 4.78 is 34.0. The maximum atomic E-state index is 12.3. The van der Waals surface area contributed by atoms with Crippen LogP contribution in [0.3, 0.4) is 0 Å². The van der Waals surface area contributed by atoms with Crippen LogP contribution >= 0.6 is 0 Å². The average Bonchev–Trinajstić information content (AvgIpc) is 2.81. The summed E-state index contributed by atoms with van der Waals surface area (Å²) in [6.45, 7) is 3.78. The number of hydrogen-bond acceptors (Lipinski definition) is 5. The van der Waals surface area contributed by atoms with Crippen LogP contribution in [0.15, 0.2) is 29.4 Å². The third kappa shape index (κ3) is 3.40. The number of ether oxygens (including phenoxy) is 1. The summed E-state index contributed by atoms with van der Waals surface area (Å²) >= 11 is 0. The van der Waals surface area contributed by atoms with Crippen molar-refractivity contribution in [1.29, 1.82) is 0 Å². The molecule has 0 saturated carbocycles. The first kappa shape index (κ1) is 16.3. The fraction of sp³-hybridized carbons (Fsp3) is 0.357. The fourth-order valence-corrected chi connectivity index (χ4v) is 3.02. The first-order valence-electron chi connectivity index (χ1n) is 6.76. The predicted molar refractivity (Wildman–Crippen MR) is 82.3 cm³/mol. The number of rotatable bonds is 6. The van der Waals surface area contributed by atoms with Crippen LogP contribution in [0.4, 0.5) is 5.69 Å². The molecule has 0 aliphatic carbocycles. The Balaban J connectivity index is 2.29. The van der Waals surface area contributed by atoms with Gasteiger partial charge in [0.2, 0.25) is 0 Å². The topological polar surface area (TPSA) is 93.5 Å². The van der Waals surface area contributed by atoms with Gasteiger partial charge in [0.15, 0.2) is 5.03 Å². The van der Waals surface area contributed by atoms with Gasteiger partial charge >= 0.3 is 0 Å². The van der Waals surface area contributed by atoms with Crippen LogP contribution in [0.2, 0.25) is 0 Å². The van der Waals surface area contributed by atoms with Gasteiger partial charge in [-0.2, -0.15) is 8.42 Å². The molecule has 1 heterocycles. The minimum Gasteiger partial charge on any atom is -0.494 e. The monoisotopic (exact) mass is 325 g/mol. The Kier molecular flexibility index (Phi) is 4.72. The van der Waals surface area contributed by atoms with Gasteiger partial charge in [-0.3, -0.25) is 4.72 Å². The van der Waals surface area contributed by atoms with E-state index in [-0.39, 0.29) is 11.6 Å². The van der Waals surface area contributed by atoms with Crippen molar-refractivity contribution in [3.63, 3.8) is 0 Å². The standard InChI is InChI=1S/C14H19N3O4S/c1-4-21-13-6-5-12(7-11(13)9-18)16-22(19,20)14-8-17(3)10(2)15-14/h5-8,16,18H,4,9H2,1-3H3. The highest BCUT2D eigenvalue weighted by Crippen LogP contribution is 2.24. The molecule has 0 radical (unpaired) electrons. The highest BCUT2D eigenvalue weighted by Gasteiger charge is 2.19. The molecule has 0 aliphatic rings. The molecular formula is C14H19N3O4S. The minimum atomic E-state index is -3.77. The molecule has 0 bridgehead atoms. The molecule has 1 aromatic heterocycles. The van der Waals surface area contributed by atoms with Crippen LogP contribution < -0.4 is 9.46 Å². The van der Waals surface area contributed by atoms with Crippen LogP contribution in [-0.2, 0) is 23.7 Å². The molecule has 2 N–H and O–H groups in total. The number of aromatic nitrogens is 2. The number of anilines is 1. The molecule has 0 unspecified atom stereocenters. The van der Waals surface area contributed by atoms with E-state index >= 15 is 0 Å². The average molecular weight is 325 g/mol. The number of aryl methyl sites for hydroxylation is 2. The second-order valence-corrected chi connectivity index (χ2v) is 6.39. The summed E-state index contributed by atoms with van der Waals surface area (Å²) in [5, 5.41) is 9.30. The summed E-state index contributed by atoms with van der Waals surface area (Å²) in [6, 6.07) is 4.74. The highest BCUT2D eigenvalue weighted by molar-refractivity contribution is 7.92. The number of hydrogen-bond donors (Lipinski definition) is 2. The van der Waals surface area contributed by atoms with Crippen molar-refractivity contribution in [3.8, 4) is 5.75 Å². The lowest BCUT2D eigenvalue weighted by Crippen LogP contribution is -2.13. The predicted octanol–water partition coefficient (Wildman–Crippen LogP) is 1.42. The second-order valence-electron chi connectivity index (χ2n) is 4.76. The molecule has 8 heteroatoms. The maximum Gasteiger partial charge on any atom is 0.280 e. The number of imidazole rings is 1. The lowest BCUT2D eigenvalue weighted by atomic mass is 10.2. The molecule has 22 heavy (non-hydrogen) atoms. The largest absolute Gasteiger partial charge is 0.494 e. The third-order valence-corrected chi connectivity index (χ3v) is 4.40. The number of aliphatic hydroxyl groups is 1. The lowest BCUT2D eigenvalue weighted by molar-refractivity contribution is 0.267. The summed E-state index contributed by atoms with van der Waals surface area (Å²) in [6.07, 6.45) is 1.44. The molecular weight excluding hydrogens is 306 g/mol. The van der Waals surface area contributed by atoms with Crippen molar-refractivity contribution in [3.05, 3.63) is 35.8 Å². The molecule has 0 saturated heterocycles. The van der Waals surface area contributed by atoms with Crippen molar-refractivity contribution in [1.82, 2.24) is 9.55 Å². The van der Waals surface area contributed by atoms with Gasteiger partial charge in [0.1, 0.15) is 11.6 Å². The lowest BCUT2D eigenvalue weighted by Gasteiger charge is -2.11. The zero-order chi connectivity index (χ0) is 16.3. The van der Waals surface area contributed by atoms with Gasteiger partial charge in [-0.1, -0.05) is 0 Å². The molecule has 0 atom stereocenters. The summed E-state index contributed by atoms with van der Waals surface area (Å²) in [7, 11) is -2.05. The van der Waals surface area contributed by atoms with Gasteiger partial charge in [0.05, 0.1) is 13.2 Å². The van der Waals surface area contributed by atoms with Crippen LogP contribution in [0.5, 0.6) is 5.75 Å². The summed E-state index contributed by atoms with van der Waals surface area (Å²) in [4.78, 5) is 4.01. The minimum absolute atomic E-state index is 0.0491. The van der Waals surface area contributed by atoms with Crippen LogP contribution in [-0.4, -0.2) is 29.7 Å². The van der Waals surface area contributed by atoms with Gasteiger partial charge in [-0.15, -0.1) is 0 Å². The molecule has 7 nitrogen and oxygen atoms in total. The van der Waals surface area contributed by atoms with E-state index in [1.54, 1.807) is 36.7 Å². The van der Waals surface area contributed by atoms with Gasteiger partial charge in [0.25, 0.3) is 10.0 Å². The zero-order valence-electron chi connectivity index (χ0n) is 12.7. The number of nitrogens with one attached hydrogen (secondary N) is 1. The smallest absolute Gasteiger partial charge is 0.280 e. The van der Waals surface area contributed by atoms with Crippen LogP contribution in [0.1, 0.15) is 18.3 Å². The zero-order valence-corrected chi connectivity index (χ0v) is 13.5. The molecule has 2 rings (SSSR count). The first-order valence-corrected chi connectivity index (χ1v) is 8.25. The van der Waals surface area contributed by atoms with Crippen LogP contribution in [0.25, 0.3) is 0 Å². The van der Waals surface area contributed by atoms with E-state index in [0.717, 1.165) is 0 Å². The van der Waals surface area contributed by atoms with Gasteiger partial charge in [-0.05, 0) is 32.0 Å². The van der Waals surface area contributed by atoms with E-state index in [4.69, 9.17) is 4.74 Å². The molecule has 1 aromatic carbocycles. The fourth-order valence-electron chi connectivity index (χ4n) is 1.93. The van der Waals surface area contributed by atoms with E-state index in [1.807, 2.05) is 6.92 Å². The van der Waals surface area contributed by atoms with Crippen molar-refractivity contribution >= 4 is 15.7 Å². The van der Waals surface area contributed by atoms with E-state index in [2.05, 4.69) is 9.71 Å². The SMILES string of the molecule is CCOc1ccc(NS(=O)(=O)c2cn(C)c(C)n2)cc1CO. The molecule has 0 spiro atoms. The van der Waals surface area contributed by atoms with E-state index in [1.165, 1.54) is 6.20 Å². The Hall–Kier alpha value is -2.06. The van der Waals surface area contributed by atoms with E-state index in [9.17, 15) is 13.5 Å². The number of aliphatic hydroxyl groups excluding tert-OH is 1. The molecule has 0 aliphatic heterocycles. The normalized spacial score (nSPS) is 11.5. The molecule has 120 valence electrons. The number of nitrogens with zero attached hydrogens (tertiary/aromatic N) is 2. The van der Waals surface area contributed by atoms with Gasteiger partial charge in [-0.25, -0.2) is 4.98 Å². The Labute approximate surface area is 129 Å². The molecule has 0 amide bonds. The summed E-state index contributed by atoms with van der Waals surface area (Å²) in [5.41, 5.74) is 0.857. The Morgan fingerprint density at radius 1 is 1.41 bits per heavy atom. The molecule has 2 aromatic rings. The van der Waals surface area contributed by atoms with Crippen LogP contribution in [0, 0.1) is 6.92 Å². The van der Waals surface area contributed by atoms with Gasteiger partial charge in [0, 0.05) is 24.5 Å². The highest BCUT2D eigenvalue weighted by atomic mass is 32.2. The maximum absolute atomic E-state index is 12.3. The van der Waals surface area contributed by atoms with Gasteiger partial charge < -0.3 is 14.4 Å². The van der Waals surface area contributed by atoms with Crippen molar-refractivity contribution in [2.24, 2.45) is 7.05 Å². The van der Waals surface area contributed by atoms with E-state index in [0.29, 0.717) is 29.4 Å². The Morgan fingerprint density at radius 3 is 2.68 bits per heavy atom. The molecule has 0 fully saturated rings. The van der Waals surface area contributed by atoms with E-state index < -0.39 is 10.0 Å². The van der Waals surface area contributed by atoms with Crippen molar-refractivity contribution in [2.75, 3.05) is 11.3 Å². The number of sulfonamides is 1. The second kappa shape index (κ2) is 6.37. The Morgan fingerprint density at radius 2 is 2.14 bits per heavy atom. The van der Waals surface area contributed by atoms with Crippen molar-refractivity contribution < 1.29 is 18.3 Å². The number of benzene rings is 1.